The first-order valence-corrected chi connectivity index (χ1v) is 9.14. The molecule has 0 aliphatic carbocycles. The standard InChI is InChI=1S/C21H25N3O3/c1-21(2,17-8-10-18(11-9-17)24(26)27)20(25)23-13-16(12-22)19(14-23)15-6-4-3-5-7-15/h3-11,16,19H,12-14,22H2,1-2H3/t16-,19+/m1/s1. The molecule has 1 aliphatic heterocycles. The van der Waals surface area contributed by atoms with Crippen LogP contribution in [0.3, 0.4) is 0 Å². The van der Waals surface area contributed by atoms with Crippen LogP contribution < -0.4 is 5.73 Å². The van der Waals surface area contributed by atoms with Crippen molar-refractivity contribution in [1.82, 2.24) is 4.90 Å². The molecule has 1 saturated heterocycles. The van der Waals surface area contributed by atoms with Crippen LogP contribution in [0.1, 0.15) is 30.9 Å². The zero-order valence-electron chi connectivity index (χ0n) is 15.7. The highest BCUT2D eigenvalue weighted by molar-refractivity contribution is 5.87. The van der Waals surface area contributed by atoms with E-state index in [0.29, 0.717) is 19.6 Å². The van der Waals surface area contributed by atoms with Gasteiger partial charge in [0.25, 0.3) is 5.69 Å². The first kappa shape index (κ1) is 19.0. The molecule has 27 heavy (non-hydrogen) atoms. The van der Waals surface area contributed by atoms with E-state index in [0.717, 1.165) is 5.56 Å². The highest BCUT2D eigenvalue weighted by Crippen LogP contribution is 2.35. The zero-order valence-corrected chi connectivity index (χ0v) is 15.7. The Bertz CT molecular complexity index is 818. The molecule has 2 aromatic rings. The molecule has 142 valence electrons. The van der Waals surface area contributed by atoms with Crippen molar-refractivity contribution in [2.75, 3.05) is 19.6 Å². The molecule has 0 unspecified atom stereocenters. The molecule has 0 saturated carbocycles. The van der Waals surface area contributed by atoms with Crippen LogP contribution in [0.15, 0.2) is 54.6 Å². The van der Waals surface area contributed by atoms with E-state index in [9.17, 15) is 14.9 Å². The second kappa shape index (κ2) is 7.48. The van der Waals surface area contributed by atoms with E-state index in [4.69, 9.17) is 5.73 Å². The third-order valence-corrected chi connectivity index (χ3v) is 5.59. The summed E-state index contributed by atoms with van der Waals surface area (Å²) >= 11 is 0. The first-order chi connectivity index (χ1) is 12.8. The maximum absolute atomic E-state index is 13.3. The van der Waals surface area contributed by atoms with Gasteiger partial charge in [-0.05, 0) is 37.4 Å². The maximum atomic E-state index is 13.3. The topological polar surface area (TPSA) is 89.5 Å². The molecule has 1 amide bonds. The van der Waals surface area contributed by atoms with Crippen LogP contribution in [-0.4, -0.2) is 35.4 Å². The van der Waals surface area contributed by atoms with E-state index in [-0.39, 0.29) is 23.4 Å². The average molecular weight is 367 g/mol. The average Bonchev–Trinajstić information content (AvgIpc) is 3.12. The van der Waals surface area contributed by atoms with E-state index >= 15 is 0 Å². The molecule has 0 radical (unpaired) electrons. The van der Waals surface area contributed by atoms with Gasteiger partial charge in [-0.25, -0.2) is 0 Å². The van der Waals surface area contributed by atoms with Crippen molar-refractivity contribution in [1.29, 1.82) is 0 Å². The summed E-state index contributed by atoms with van der Waals surface area (Å²) in [5, 5.41) is 10.9. The molecular formula is C21H25N3O3. The number of non-ortho nitro benzene ring substituents is 1. The monoisotopic (exact) mass is 367 g/mol. The number of carbonyl (C=O) groups is 1. The fourth-order valence-electron chi connectivity index (χ4n) is 3.87. The largest absolute Gasteiger partial charge is 0.341 e. The SMILES string of the molecule is CC(C)(C(=O)N1C[C@@H](CN)[C@H](c2ccccc2)C1)c1ccc([N+](=O)[O-])cc1. The number of likely N-dealkylation sites (tertiary alicyclic amines) is 1. The summed E-state index contributed by atoms with van der Waals surface area (Å²) in [4.78, 5) is 25.6. The number of hydrogen-bond donors (Lipinski definition) is 1. The summed E-state index contributed by atoms with van der Waals surface area (Å²) in [6, 6.07) is 16.4. The Morgan fingerprint density at radius 1 is 1.15 bits per heavy atom. The number of carbonyl (C=O) groups excluding carboxylic acids is 1. The van der Waals surface area contributed by atoms with Crippen LogP contribution in [0.25, 0.3) is 0 Å². The predicted molar refractivity (Wildman–Crippen MR) is 104 cm³/mol. The number of nitrogens with two attached hydrogens (primary N) is 1. The lowest BCUT2D eigenvalue weighted by atomic mass is 9.83. The lowest BCUT2D eigenvalue weighted by molar-refractivity contribution is -0.384. The molecule has 1 aliphatic rings. The third-order valence-electron chi connectivity index (χ3n) is 5.59. The van der Waals surface area contributed by atoms with Crippen LogP contribution in [0.4, 0.5) is 5.69 Å². The Kier molecular flexibility index (Phi) is 5.28. The zero-order chi connectivity index (χ0) is 19.6. The van der Waals surface area contributed by atoms with Crippen LogP contribution in [0.2, 0.25) is 0 Å². The molecule has 0 bridgehead atoms. The van der Waals surface area contributed by atoms with Crippen molar-refractivity contribution in [3.05, 3.63) is 75.8 Å². The first-order valence-electron chi connectivity index (χ1n) is 9.14. The van der Waals surface area contributed by atoms with Crippen LogP contribution in [0.5, 0.6) is 0 Å². The van der Waals surface area contributed by atoms with Gasteiger partial charge in [-0.15, -0.1) is 0 Å². The van der Waals surface area contributed by atoms with Gasteiger partial charge >= 0.3 is 0 Å². The summed E-state index contributed by atoms with van der Waals surface area (Å²) < 4.78 is 0. The fraction of sp³-hybridized carbons (Fsp3) is 0.381. The summed E-state index contributed by atoms with van der Waals surface area (Å²) in [5.74, 6) is 0.477. The predicted octanol–water partition coefficient (Wildman–Crippen LogP) is 3.07. The summed E-state index contributed by atoms with van der Waals surface area (Å²) in [6.45, 7) is 5.53. The second-order valence-corrected chi connectivity index (χ2v) is 7.65. The summed E-state index contributed by atoms with van der Waals surface area (Å²) in [6.07, 6.45) is 0. The minimum atomic E-state index is -0.764. The van der Waals surface area contributed by atoms with E-state index < -0.39 is 10.3 Å². The van der Waals surface area contributed by atoms with Crippen molar-refractivity contribution in [3.8, 4) is 0 Å². The van der Waals surface area contributed by atoms with E-state index in [1.54, 1.807) is 12.1 Å². The van der Waals surface area contributed by atoms with Crippen molar-refractivity contribution < 1.29 is 9.72 Å². The molecule has 2 N–H and O–H groups in total. The number of nitro benzene ring substituents is 1. The lowest BCUT2D eigenvalue weighted by Crippen LogP contribution is -2.42. The lowest BCUT2D eigenvalue weighted by Gasteiger charge is -2.30. The number of hydrogen-bond acceptors (Lipinski definition) is 4. The Hall–Kier alpha value is -2.73. The van der Waals surface area contributed by atoms with Crippen LogP contribution in [-0.2, 0) is 10.2 Å². The maximum Gasteiger partial charge on any atom is 0.269 e. The highest BCUT2D eigenvalue weighted by Gasteiger charge is 2.41. The number of rotatable bonds is 5. The molecule has 3 rings (SSSR count). The van der Waals surface area contributed by atoms with E-state index in [1.165, 1.54) is 17.7 Å². The van der Waals surface area contributed by atoms with Gasteiger partial charge in [-0.2, -0.15) is 0 Å². The minimum Gasteiger partial charge on any atom is -0.341 e. The Balaban J connectivity index is 1.81. The molecule has 0 spiro atoms. The number of benzene rings is 2. The molecule has 6 heteroatoms. The molecule has 1 fully saturated rings. The van der Waals surface area contributed by atoms with Gasteiger partial charge in [0, 0.05) is 31.1 Å². The fourth-order valence-corrected chi connectivity index (χ4v) is 3.87. The van der Waals surface area contributed by atoms with Gasteiger partial charge in [0.05, 0.1) is 10.3 Å². The van der Waals surface area contributed by atoms with Gasteiger partial charge in [0.1, 0.15) is 0 Å². The molecule has 1 heterocycles. The van der Waals surface area contributed by atoms with Crippen molar-refractivity contribution in [2.45, 2.75) is 25.2 Å². The number of amides is 1. The van der Waals surface area contributed by atoms with E-state index in [1.807, 2.05) is 36.9 Å². The van der Waals surface area contributed by atoms with Gasteiger partial charge < -0.3 is 10.6 Å². The molecule has 0 aromatic heterocycles. The van der Waals surface area contributed by atoms with Crippen molar-refractivity contribution >= 4 is 11.6 Å². The Morgan fingerprint density at radius 2 is 1.78 bits per heavy atom. The molecule has 2 atom stereocenters. The number of nitrogens with zero attached hydrogens (tertiary/aromatic N) is 2. The van der Waals surface area contributed by atoms with Crippen LogP contribution >= 0.6 is 0 Å². The highest BCUT2D eigenvalue weighted by atomic mass is 16.6. The quantitative estimate of drug-likeness (QED) is 0.650. The summed E-state index contributed by atoms with van der Waals surface area (Å²) in [5.41, 5.74) is 7.22. The van der Waals surface area contributed by atoms with Gasteiger partial charge in [-0.3, -0.25) is 14.9 Å². The summed E-state index contributed by atoms with van der Waals surface area (Å²) in [7, 11) is 0. The minimum absolute atomic E-state index is 0.0215. The molecule has 6 nitrogen and oxygen atoms in total. The van der Waals surface area contributed by atoms with Crippen molar-refractivity contribution in [3.63, 3.8) is 0 Å². The Morgan fingerprint density at radius 3 is 2.33 bits per heavy atom. The van der Waals surface area contributed by atoms with E-state index in [2.05, 4.69) is 12.1 Å². The van der Waals surface area contributed by atoms with Gasteiger partial charge in [0.2, 0.25) is 5.91 Å². The smallest absolute Gasteiger partial charge is 0.269 e. The third kappa shape index (κ3) is 3.71. The van der Waals surface area contributed by atoms with Gasteiger partial charge in [0.15, 0.2) is 0 Å². The number of nitro groups is 1. The molecule has 2 aromatic carbocycles. The second-order valence-electron chi connectivity index (χ2n) is 7.65. The van der Waals surface area contributed by atoms with Gasteiger partial charge in [-0.1, -0.05) is 42.5 Å². The Labute approximate surface area is 159 Å². The normalized spacial score (nSPS) is 19.9. The molecular weight excluding hydrogens is 342 g/mol. The van der Waals surface area contributed by atoms with Crippen LogP contribution in [0, 0.1) is 16.0 Å². The van der Waals surface area contributed by atoms with Crippen molar-refractivity contribution in [2.24, 2.45) is 11.7 Å².